The van der Waals surface area contributed by atoms with Gasteiger partial charge in [-0.15, -0.1) is 0 Å². The average Bonchev–Trinajstić information content (AvgIpc) is 2.35. The van der Waals surface area contributed by atoms with Gasteiger partial charge in [-0.05, 0) is 25.5 Å². The Labute approximate surface area is 104 Å². The molecule has 4 heteroatoms. The number of nitrogens with one attached hydrogen (secondary N) is 1. The molecule has 0 saturated heterocycles. The van der Waals surface area contributed by atoms with E-state index < -0.39 is 9.84 Å². The molecule has 0 heterocycles. The third kappa shape index (κ3) is 5.33. The van der Waals surface area contributed by atoms with Gasteiger partial charge in [-0.2, -0.15) is 0 Å². The van der Waals surface area contributed by atoms with Crippen molar-refractivity contribution in [2.75, 3.05) is 18.1 Å². The molecule has 3 nitrogen and oxygen atoms in total. The second kappa shape index (κ2) is 6.77. The fourth-order valence-corrected chi connectivity index (χ4v) is 2.49. The summed E-state index contributed by atoms with van der Waals surface area (Å²) in [4.78, 5) is 0. The van der Waals surface area contributed by atoms with Crippen molar-refractivity contribution in [2.24, 2.45) is 0 Å². The Balaban J connectivity index is 2.28. The molecule has 1 unspecified atom stereocenters. The number of benzene rings is 1. The summed E-state index contributed by atoms with van der Waals surface area (Å²) in [5.41, 5.74) is 1.23. The molecule has 0 amide bonds. The molecule has 96 valence electrons. The molecule has 0 aliphatic carbocycles. The lowest BCUT2D eigenvalue weighted by Crippen LogP contribution is -2.22. The molecule has 0 aliphatic rings. The summed E-state index contributed by atoms with van der Waals surface area (Å²) in [7, 11) is -2.82. The Morgan fingerprint density at radius 3 is 2.47 bits per heavy atom. The summed E-state index contributed by atoms with van der Waals surface area (Å²) >= 11 is 0. The van der Waals surface area contributed by atoms with Gasteiger partial charge in [0.2, 0.25) is 0 Å². The van der Waals surface area contributed by atoms with E-state index in [0.29, 0.717) is 6.42 Å². The highest BCUT2D eigenvalue weighted by molar-refractivity contribution is 7.91. The maximum Gasteiger partial charge on any atom is 0.150 e. The van der Waals surface area contributed by atoms with Crippen LogP contribution < -0.4 is 5.32 Å². The molecule has 0 aromatic heterocycles. The van der Waals surface area contributed by atoms with Gasteiger partial charge >= 0.3 is 0 Å². The van der Waals surface area contributed by atoms with E-state index >= 15 is 0 Å². The summed E-state index contributed by atoms with van der Waals surface area (Å²) in [6.45, 7) is 4.51. The summed E-state index contributed by atoms with van der Waals surface area (Å²) in [5.74, 6) is 0.513. The van der Waals surface area contributed by atoms with Gasteiger partial charge in [0, 0.05) is 11.8 Å². The molecule has 1 N–H and O–H groups in total. The third-order valence-corrected chi connectivity index (χ3v) is 4.61. The third-order valence-electron chi connectivity index (χ3n) is 2.82. The van der Waals surface area contributed by atoms with Gasteiger partial charge < -0.3 is 5.32 Å². The van der Waals surface area contributed by atoms with Gasteiger partial charge in [0.25, 0.3) is 0 Å². The van der Waals surface area contributed by atoms with Crippen LogP contribution in [0.5, 0.6) is 0 Å². The predicted octanol–water partition coefficient (Wildman–Crippen LogP) is 2.16. The van der Waals surface area contributed by atoms with Crippen molar-refractivity contribution in [1.29, 1.82) is 0 Å². The van der Waals surface area contributed by atoms with Crippen molar-refractivity contribution >= 4 is 9.84 Å². The highest BCUT2D eigenvalue weighted by Gasteiger charge is 2.07. The van der Waals surface area contributed by atoms with Gasteiger partial charge in [0.1, 0.15) is 9.84 Å². The number of hydrogen-bond donors (Lipinski definition) is 1. The molecular weight excluding hydrogens is 234 g/mol. The predicted molar refractivity (Wildman–Crippen MR) is 71.8 cm³/mol. The van der Waals surface area contributed by atoms with Crippen LogP contribution in [0, 0.1) is 0 Å². The molecule has 0 spiro atoms. The smallest absolute Gasteiger partial charge is 0.150 e. The number of sulfone groups is 1. The zero-order valence-electron chi connectivity index (χ0n) is 10.5. The van der Waals surface area contributed by atoms with Crippen LogP contribution in [0.15, 0.2) is 30.3 Å². The zero-order chi connectivity index (χ0) is 12.7. The van der Waals surface area contributed by atoms with E-state index in [1.807, 2.05) is 18.2 Å². The Bertz CT molecular complexity index is 414. The maximum atomic E-state index is 11.3. The van der Waals surface area contributed by atoms with Crippen LogP contribution in [0.3, 0.4) is 0 Å². The Morgan fingerprint density at radius 2 is 1.88 bits per heavy atom. The minimum atomic E-state index is -2.82. The second-order valence-electron chi connectivity index (χ2n) is 4.18. The first-order valence-corrected chi connectivity index (χ1v) is 7.86. The second-order valence-corrected chi connectivity index (χ2v) is 6.65. The largest absolute Gasteiger partial charge is 0.310 e. The summed E-state index contributed by atoms with van der Waals surface area (Å²) in [5, 5.41) is 3.33. The van der Waals surface area contributed by atoms with Gasteiger partial charge in [-0.3, -0.25) is 0 Å². The fourth-order valence-electron chi connectivity index (χ4n) is 1.61. The van der Waals surface area contributed by atoms with Crippen molar-refractivity contribution in [3.8, 4) is 0 Å². The lowest BCUT2D eigenvalue weighted by Gasteiger charge is -2.13. The van der Waals surface area contributed by atoms with E-state index in [-0.39, 0.29) is 17.5 Å². The van der Waals surface area contributed by atoms with E-state index in [1.54, 1.807) is 6.92 Å². The molecule has 0 fully saturated rings. The first-order valence-electron chi connectivity index (χ1n) is 6.04. The summed E-state index contributed by atoms with van der Waals surface area (Å²) < 4.78 is 22.6. The molecule has 0 saturated carbocycles. The van der Waals surface area contributed by atoms with E-state index in [0.717, 1.165) is 6.54 Å². The van der Waals surface area contributed by atoms with Crippen LogP contribution in [0.4, 0.5) is 0 Å². The molecule has 1 atom stereocenters. The van der Waals surface area contributed by atoms with Gasteiger partial charge in [0.05, 0.1) is 5.75 Å². The number of rotatable bonds is 7. The van der Waals surface area contributed by atoms with E-state index in [4.69, 9.17) is 0 Å². The summed E-state index contributed by atoms with van der Waals surface area (Å²) in [6, 6.07) is 10.4. The Kier molecular flexibility index (Phi) is 5.65. The van der Waals surface area contributed by atoms with E-state index in [9.17, 15) is 8.42 Å². The van der Waals surface area contributed by atoms with Crippen LogP contribution in [0.25, 0.3) is 0 Å². The SMILES string of the molecule is CCS(=O)(=O)CCCNC(C)c1ccccc1. The molecule has 1 rings (SSSR count). The highest BCUT2D eigenvalue weighted by Crippen LogP contribution is 2.10. The fraction of sp³-hybridized carbons (Fsp3) is 0.538. The van der Waals surface area contributed by atoms with Crippen molar-refractivity contribution in [1.82, 2.24) is 5.32 Å². The van der Waals surface area contributed by atoms with Gasteiger partial charge in [-0.1, -0.05) is 37.3 Å². The normalized spacial score (nSPS) is 13.5. The molecule has 17 heavy (non-hydrogen) atoms. The van der Waals surface area contributed by atoms with E-state index in [2.05, 4.69) is 24.4 Å². The Hall–Kier alpha value is -0.870. The number of hydrogen-bond acceptors (Lipinski definition) is 3. The van der Waals surface area contributed by atoms with Crippen LogP contribution in [0.2, 0.25) is 0 Å². The average molecular weight is 255 g/mol. The highest BCUT2D eigenvalue weighted by atomic mass is 32.2. The maximum absolute atomic E-state index is 11.3. The van der Waals surface area contributed by atoms with Crippen molar-refractivity contribution < 1.29 is 8.42 Å². The first-order chi connectivity index (χ1) is 8.05. The van der Waals surface area contributed by atoms with Crippen molar-refractivity contribution in [3.05, 3.63) is 35.9 Å². The minimum absolute atomic E-state index is 0.237. The van der Waals surface area contributed by atoms with Crippen molar-refractivity contribution in [2.45, 2.75) is 26.3 Å². The monoisotopic (exact) mass is 255 g/mol. The standard InChI is InChI=1S/C13H21NO2S/c1-3-17(15,16)11-7-10-14-12(2)13-8-5-4-6-9-13/h4-6,8-9,12,14H,3,7,10-11H2,1-2H3. The first kappa shape index (κ1) is 14.2. The van der Waals surface area contributed by atoms with Crippen LogP contribution in [-0.2, 0) is 9.84 Å². The molecule has 1 aromatic rings. The van der Waals surface area contributed by atoms with Crippen LogP contribution in [-0.4, -0.2) is 26.5 Å². The quantitative estimate of drug-likeness (QED) is 0.759. The molecule has 0 bridgehead atoms. The minimum Gasteiger partial charge on any atom is -0.310 e. The topological polar surface area (TPSA) is 46.2 Å². The molecular formula is C13H21NO2S. The van der Waals surface area contributed by atoms with Crippen LogP contribution >= 0.6 is 0 Å². The van der Waals surface area contributed by atoms with Gasteiger partial charge in [0.15, 0.2) is 0 Å². The van der Waals surface area contributed by atoms with Crippen LogP contribution in [0.1, 0.15) is 31.9 Å². The lowest BCUT2D eigenvalue weighted by molar-refractivity contribution is 0.560. The van der Waals surface area contributed by atoms with Gasteiger partial charge in [-0.25, -0.2) is 8.42 Å². The summed E-state index contributed by atoms with van der Waals surface area (Å²) in [6.07, 6.45) is 0.674. The zero-order valence-corrected chi connectivity index (χ0v) is 11.3. The van der Waals surface area contributed by atoms with Crippen molar-refractivity contribution in [3.63, 3.8) is 0 Å². The molecule has 0 aliphatic heterocycles. The Morgan fingerprint density at radius 1 is 1.24 bits per heavy atom. The van der Waals surface area contributed by atoms with E-state index in [1.165, 1.54) is 5.56 Å². The molecule has 1 aromatic carbocycles. The lowest BCUT2D eigenvalue weighted by atomic mass is 10.1. The molecule has 0 radical (unpaired) electrons.